The molecular formula is C28H30F2N6O7. The summed E-state index contributed by atoms with van der Waals surface area (Å²) in [7, 11) is 5.92. The number of nitrogens with one attached hydrogen (secondary N) is 1. The molecule has 1 N–H and O–H groups in total. The second kappa shape index (κ2) is 14.1. The number of ether oxygens (including phenoxy) is 2. The lowest BCUT2D eigenvalue weighted by Gasteiger charge is -2.19. The maximum Gasteiger partial charge on any atom is 0.420 e. The minimum atomic E-state index is -1.36. The fraction of sp³-hybridized carbons (Fsp3) is 0.357. The van der Waals surface area contributed by atoms with E-state index in [4.69, 9.17) is 9.47 Å². The molecule has 0 aliphatic rings. The second-order valence-electron chi connectivity index (χ2n) is 9.47. The number of nitrogens with zero attached hydrogens (tertiary/aromatic N) is 5. The van der Waals surface area contributed by atoms with Crippen LogP contribution >= 0.6 is 0 Å². The largest absolute Gasteiger partial charge is 0.449 e. The van der Waals surface area contributed by atoms with Gasteiger partial charge in [-0.15, -0.1) is 0 Å². The lowest BCUT2D eigenvalue weighted by Crippen LogP contribution is -2.37. The van der Waals surface area contributed by atoms with E-state index in [1.165, 1.54) is 51.4 Å². The number of imidazole rings is 1. The first-order valence-electron chi connectivity index (χ1n) is 13.0. The summed E-state index contributed by atoms with van der Waals surface area (Å²) < 4.78 is 40.2. The normalized spacial score (nSPS) is 11.2. The van der Waals surface area contributed by atoms with E-state index in [0.717, 1.165) is 26.2 Å². The van der Waals surface area contributed by atoms with Crippen molar-refractivity contribution >= 4 is 40.7 Å². The molecule has 1 aromatic carbocycles. The minimum absolute atomic E-state index is 0.0137. The van der Waals surface area contributed by atoms with E-state index in [-0.39, 0.29) is 48.5 Å². The Hall–Kier alpha value is -5.26. The van der Waals surface area contributed by atoms with Crippen molar-refractivity contribution in [3.63, 3.8) is 0 Å². The van der Waals surface area contributed by atoms with Crippen molar-refractivity contribution in [1.82, 2.24) is 23.9 Å². The van der Waals surface area contributed by atoms with E-state index in [0.29, 0.717) is 0 Å². The van der Waals surface area contributed by atoms with Crippen molar-refractivity contribution in [2.24, 2.45) is 0 Å². The van der Waals surface area contributed by atoms with Crippen molar-refractivity contribution in [2.75, 3.05) is 40.1 Å². The Bertz CT molecular complexity index is 1670. The van der Waals surface area contributed by atoms with E-state index in [1.807, 2.05) is 0 Å². The average Bonchev–Trinajstić information content (AvgIpc) is 3.28. The predicted octanol–water partition coefficient (Wildman–Crippen LogP) is 2.41. The van der Waals surface area contributed by atoms with E-state index < -0.39 is 47.3 Å². The highest BCUT2D eigenvalue weighted by Crippen LogP contribution is 2.21. The van der Waals surface area contributed by atoms with Gasteiger partial charge in [0.25, 0.3) is 17.4 Å². The van der Waals surface area contributed by atoms with Crippen LogP contribution in [-0.2, 0) is 25.6 Å². The van der Waals surface area contributed by atoms with Crippen LogP contribution in [0, 0.1) is 23.5 Å². The Morgan fingerprint density at radius 3 is 2.44 bits per heavy atom. The number of carbonyl (C=O) groups excluding carboxylic acids is 4. The van der Waals surface area contributed by atoms with Crippen LogP contribution in [0.25, 0.3) is 11.0 Å². The number of aromatic nitrogens is 3. The van der Waals surface area contributed by atoms with E-state index >= 15 is 0 Å². The number of fused-ring (bicyclic) bond motifs is 1. The van der Waals surface area contributed by atoms with Crippen molar-refractivity contribution in [3.8, 4) is 11.8 Å². The second-order valence-corrected chi connectivity index (χ2v) is 9.47. The molecule has 228 valence electrons. The lowest BCUT2D eigenvalue weighted by molar-refractivity contribution is -0.125. The van der Waals surface area contributed by atoms with Crippen LogP contribution in [0.1, 0.15) is 25.6 Å². The number of carbonyl (C=O) groups is 4. The fourth-order valence-corrected chi connectivity index (χ4v) is 3.67. The molecule has 0 radical (unpaired) electrons. The smallest absolute Gasteiger partial charge is 0.420 e. The monoisotopic (exact) mass is 600 g/mol. The van der Waals surface area contributed by atoms with Crippen LogP contribution in [-0.4, -0.2) is 88.8 Å². The van der Waals surface area contributed by atoms with Crippen LogP contribution < -0.4 is 10.9 Å². The third kappa shape index (κ3) is 7.94. The Kier molecular flexibility index (Phi) is 10.6. The van der Waals surface area contributed by atoms with Gasteiger partial charge < -0.3 is 29.2 Å². The summed E-state index contributed by atoms with van der Waals surface area (Å²) in [6.07, 6.45) is -1.77. The van der Waals surface area contributed by atoms with E-state index in [9.17, 15) is 32.8 Å². The molecule has 2 aromatic heterocycles. The number of hydrogen-bond acceptors (Lipinski definition) is 8. The minimum Gasteiger partial charge on any atom is -0.449 e. The fourth-order valence-electron chi connectivity index (χ4n) is 3.67. The maximum absolute atomic E-state index is 14.0. The van der Waals surface area contributed by atoms with Gasteiger partial charge >= 0.3 is 12.2 Å². The summed E-state index contributed by atoms with van der Waals surface area (Å²) in [5.41, 5.74) is -1.01. The standard InChI is InChI=1S/C28H30F2N6O7/c1-6-42-28(41)36-21-15-18(30)17(29)14-20(21)31-23(36)16-35-13-9-10-19(26(35)39)32-25(38)22(43-27(40)34(4)5)11-7-8-12-24(37)33(2)3/h9-10,13-15,22H,6-7,11,16H2,1-5H3,(H,32,38)/t22-/m0/s1. The van der Waals surface area contributed by atoms with Gasteiger partial charge in [0, 0.05) is 59.4 Å². The molecular weight excluding hydrogens is 570 g/mol. The Labute approximate surface area is 245 Å². The third-order valence-electron chi connectivity index (χ3n) is 5.84. The first-order valence-corrected chi connectivity index (χ1v) is 13.0. The van der Waals surface area contributed by atoms with Gasteiger partial charge in [0.1, 0.15) is 11.5 Å². The van der Waals surface area contributed by atoms with Crippen molar-refractivity contribution in [1.29, 1.82) is 0 Å². The van der Waals surface area contributed by atoms with Gasteiger partial charge in [-0.1, -0.05) is 5.92 Å². The van der Waals surface area contributed by atoms with Crippen LogP contribution in [0.4, 0.5) is 24.1 Å². The van der Waals surface area contributed by atoms with Gasteiger partial charge in [-0.05, 0) is 25.0 Å². The van der Waals surface area contributed by atoms with Gasteiger partial charge in [-0.25, -0.2) is 27.9 Å². The number of halogens is 2. The molecule has 0 spiro atoms. The molecule has 0 aliphatic heterocycles. The molecule has 13 nitrogen and oxygen atoms in total. The zero-order valence-corrected chi connectivity index (χ0v) is 24.1. The first-order chi connectivity index (χ1) is 20.3. The van der Waals surface area contributed by atoms with Crippen LogP contribution in [0.5, 0.6) is 0 Å². The molecule has 3 aromatic rings. The molecule has 15 heteroatoms. The molecule has 0 aliphatic carbocycles. The first kappa shape index (κ1) is 32.3. The molecule has 1 atom stereocenters. The average molecular weight is 601 g/mol. The van der Waals surface area contributed by atoms with Crippen LogP contribution in [0.15, 0.2) is 35.3 Å². The quantitative estimate of drug-likeness (QED) is 0.388. The van der Waals surface area contributed by atoms with Gasteiger partial charge in [-0.2, -0.15) is 0 Å². The van der Waals surface area contributed by atoms with Crippen LogP contribution in [0.2, 0.25) is 0 Å². The summed E-state index contributed by atoms with van der Waals surface area (Å²) in [4.78, 5) is 69.5. The Morgan fingerprint density at radius 1 is 1.09 bits per heavy atom. The highest BCUT2D eigenvalue weighted by molar-refractivity contribution is 5.95. The number of amides is 3. The van der Waals surface area contributed by atoms with E-state index in [1.54, 1.807) is 6.92 Å². The SMILES string of the molecule is CCOC(=O)n1c(Cn2cccc(NC(=O)[C@H](CCC#CC(=O)N(C)C)OC(=O)N(C)C)c2=O)nc2cc(F)c(F)cc21. The maximum atomic E-state index is 14.0. The summed E-state index contributed by atoms with van der Waals surface area (Å²) in [5.74, 6) is 1.32. The highest BCUT2D eigenvalue weighted by Gasteiger charge is 2.25. The molecule has 43 heavy (non-hydrogen) atoms. The van der Waals surface area contributed by atoms with Gasteiger partial charge in [0.15, 0.2) is 17.7 Å². The molecule has 3 rings (SSSR count). The molecule has 2 heterocycles. The third-order valence-corrected chi connectivity index (χ3v) is 5.84. The topological polar surface area (TPSA) is 145 Å². The van der Waals surface area contributed by atoms with Gasteiger partial charge in [0.2, 0.25) is 0 Å². The predicted molar refractivity (Wildman–Crippen MR) is 150 cm³/mol. The Morgan fingerprint density at radius 2 is 1.79 bits per heavy atom. The molecule has 0 saturated heterocycles. The highest BCUT2D eigenvalue weighted by atomic mass is 19.2. The number of anilines is 1. The Balaban J connectivity index is 1.89. The van der Waals surface area contributed by atoms with Gasteiger partial charge in [0.05, 0.1) is 24.2 Å². The molecule has 3 amide bonds. The number of hydrogen-bond donors (Lipinski definition) is 1. The summed E-state index contributed by atoms with van der Waals surface area (Å²) in [6, 6.07) is 4.37. The lowest BCUT2D eigenvalue weighted by atomic mass is 10.2. The van der Waals surface area contributed by atoms with Crippen molar-refractivity contribution < 1.29 is 37.4 Å². The molecule has 0 unspecified atom stereocenters. The van der Waals surface area contributed by atoms with Crippen molar-refractivity contribution in [2.45, 2.75) is 32.4 Å². The zero-order valence-electron chi connectivity index (χ0n) is 24.1. The molecule has 0 bridgehead atoms. The summed E-state index contributed by atoms with van der Waals surface area (Å²) >= 11 is 0. The van der Waals surface area contributed by atoms with Gasteiger partial charge in [-0.3, -0.25) is 14.4 Å². The number of rotatable bonds is 8. The van der Waals surface area contributed by atoms with E-state index in [2.05, 4.69) is 22.1 Å². The molecule has 0 fully saturated rings. The van der Waals surface area contributed by atoms with Crippen molar-refractivity contribution in [3.05, 3.63) is 58.3 Å². The number of pyridine rings is 1. The molecule has 0 saturated carbocycles. The summed E-state index contributed by atoms with van der Waals surface area (Å²) in [5, 5.41) is 2.44. The summed E-state index contributed by atoms with van der Waals surface area (Å²) in [6.45, 7) is 1.21. The number of benzene rings is 1. The van der Waals surface area contributed by atoms with Crippen LogP contribution in [0.3, 0.4) is 0 Å². The zero-order chi connectivity index (χ0) is 31.8.